The van der Waals surface area contributed by atoms with Gasteiger partial charge in [-0.1, -0.05) is 6.92 Å². The van der Waals surface area contributed by atoms with Crippen molar-refractivity contribution in [2.24, 2.45) is 0 Å². The first-order valence-corrected chi connectivity index (χ1v) is 7.80. The van der Waals surface area contributed by atoms with Crippen molar-refractivity contribution in [3.8, 4) is 5.75 Å². The molecule has 0 N–H and O–H groups in total. The Balaban J connectivity index is 2.42. The number of nitro benzene ring substituents is 1. The number of methoxy groups -OCH3 is 1. The maximum atomic E-state index is 12.4. The number of non-ortho nitro benzene ring substituents is 1. The van der Waals surface area contributed by atoms with Crippen molar-refractivity contribution in [1.82, 2.24) is 4.90 Å². The molecule has 1 aliphatic rings. The van der Waals surface area contributed by atoms with Gasteiger partial charge in [0.2, 0.25) is 0 Å². The Kier molecular flexibility index (Phi) is 5.05. The molecule has 1 aromatic rings. The molecule has 1 aromatic carbocycles. The summed E-state index contributed by atoms with van der Waals surface area (Å²) >= 11 is 0.827. The molecule has 7 nitrogen and oxygen atoms in total. The minimum absolute atomic E-state index is 0.113. The molecule has 122 valence electrons. The number of nitrogens with zero attached hydrogens (tertiary/aromatic N) is 2. The van der Waals surface area contributed by atoms with E-state index in [2.05, 4.69) is 0 Å². The lowest BCUT2D eigenvalue weighted by atomic mass is 10.1. The predicted octanol–water partition coefficient (Wildman–Crippen LogP) is 3.44. The van der Waals surface area contributed by atoms with Crippen molar-refractivity contribution in [1.29, 1.82) is 0 Å². The Morgan fingerprint density at radius 2 is 2.13 bits per heavy atom. The van der Waals surface area contributed by atoms with Gasteiger partial charge < -0.3 is 4.74 Å². The van der Waals surface area contributed by atoms with Crippen LogP contribution in [0, 0.1) is 10.1 Å². The van der Waals surface area contributed by atoms with Gasteiger partial charge in [-0.05, 0) is 37.2 Å². The molecule has 0 saturated carbocycles. The van der Waals surface area contributed by atoms with E-state index in [-0.39, 0.29) is 27.8 Å². The monoisotopic (exact) mass is 336 g/mol. The second kappa shape index (κ2) is 6.82. The van der Waals surface area contributed by atoms with E-state index in [9.17, 15) is 19.7 Å². The van der Waals surface area contributed by atoms with Gasteiger partial charge in [0.1, 0.15) is 5.75 Å². The molecule has 0 aromatic heterocycles. The number of benzene rings is 1. The number of carbonyl (C=O) groups excluding carboxylic acids is 2. The van der Waals surface area contributed by atoms with Crippen LogP contribution in [0.5, 0.6) is 5.75 Å². The van der Waals surface area contributed by atoms with E-state index in [4.69, 9.17) is 4.74 Å². The second-order valence-electron chi connectivity index (χ2n) is 4.99. The average Bonchev–Trinajstić information content (AvgIpc) is 2.80. The number of amides is 2. The second-order valence-corrected chi connectivity index (χ2v) is 5.99. The summed E-state index contributed by atoms with van der Waals surface area (Å²) in [5, 5.41) is 10.6. The molecule has 0 radical (unpaired) electrons. The highest BCUT2D eigenvalue weighted by atomic mass is 32.2. The summed E-state index contributed by atoms with van der Waals surface area (Å²) in [6, 6.07) is 3.90. The average molecular weight is 336 g/mol. The van der Waals surface area contributed by atoms with Gasteiger partial charge in [-0.2, -0.15) is 0 Å². The molecular weight excluding hydrogens is 320 g/mol. The maximum Gasteiger partial charge on any atom is 0.293 e. The first-order valence-electron chi connectivity index (χ1n) is 6.98. The van der Waals surface area contributed by atoms with Crippen molar-refractivity contribution in [2.45, 2.75) is 26.3 Å². The minimum Gasteiger partial charge on any atom is -0.496 e. The summed E-state index contributed by atoms with van der Waals surface area (Å²) < 4.78 is 5.16. The summed E-state index contributed by atoms with van der Waals surface area (Å²) in [5.41, 5.74) is 0.273. The number of rotatable bonds is 5. The Hall–Kier alpha value is -2.35. The van der Waals surface area contributed by atoms with Gasteiger partial charge in [0, 0.05) is 23.7 Å². The van der Waals surface area contributed by atoms with Gasteiger partial charge in [0.25, 0.3) is 16.8 Å². The molecule has 2 amide bonds. The van der Waals surface area contributed by atoms with Crippen LogP contribution < -0.4 is 4.74 Å². The summed E-state index contributed by atoms with van der Waals surface area (Å²) in [7, 11) is 1.43. The Labute approximate surface area is 137 Å². The van der Waals surface area contributed by atoms with Crippen molar-refractivity contribution in [2.75, 3.05) is 7.11 Å². The SMILES string of the molecule is CC[C@@H](C)N1C(=O)S/C(=C/c2cc([N+](=O)[O-])ccc2OC)C1=O. The molecule has 23 heavy (non-hydrogen) atoms. The molecule has 2 rings (SSSR count). The van der Waals surface area contributed by atoms with Crippen LogP contribution in [0.2, 0.25) is 0 Å². The summed E-state index contributed by atoms with van der Waals surface area (Å²) in [5.74, 6) is 0.00819. The van der Waals surface area contributed by atoms with Crippen molar-refractivity contribution in [3.05, 3.63) is 38.8 Å². The molecule has 1 heterocycles. The zero-order valence-electron chi connectivity index (χ0n) is 12.9. The van der Waals surface area contributed by atoms with Gasteiger partial charge in [-0.15, -0.1) is 0 Å². The highest BCUT2D eigenvalue weighted by Gasteiger charge is 2.37. The standard InChI is InChI=1S/C15H16N2O5S/c1-4-9(2)16-14(18)13(23-15(16)19)8-10-7-11(17(20)21)5-6-12(10)22-3/h5-9H,4H2,1-3H3/b13-8+/t9-/m1/s1. The van der Waals surface area contributed by atoms with Crippen LogP contribution in [0.1, 0.15) is 25.8 Å². The quantitative estimate of drug-likeness (QED) is 0.465. The topological polar surface area (TPSA) is 89.8 Å². The van der Waals surface area contributed by atoms with E-state index >= 15 is 0 Å². The van der Waals surface area contributed by atoms with Crippen molar-refractivity contribution in [3.63, 3.8) is 0 Å². The van der Waals surface area contributed by atoms with Gasteiger partial charge in [0.15, 0.2) is 0 Å². The number of carbonyl (C=O) groups is 2. The maximum absolute atomic E-state index is 12.4. The molecule has 1 aliphatic heterocycles. The number of nitro groups is 1. The van der Waals surface area contributed by atoms with Gasteiger partial charge in [0.05, 0.1) is 16.9 Å². The van der Waals surface area contributed by atoms with Crippen LogP contribution in [0.15, 0.2) is 23.1 Å². The van der Waals surface area contributed by atoms with Gasteiger partial charge in [-0.25, -0.2) is 0 Å². The number of ether oxygens (including phenoxy) is 1. The van der Waals surface area contributed by atoms with Gasteiger partial charge >= 0.3 is 0 Å². The third kappa shape index (κ3) is 3.37. The van der Waals surface area contributed by atoms with E-state index < -0.39 is 4.92 Å². The molecule has 0 bridgehead atoms. The Morgan fingerprint density at radius 3 is 2.70 bits per heavy atom. The number of hydrogen-bond acceptors (Lipinski definition) is 6. The fourth-order valence-corrected chi connectivity index (χ4v) is 3.05. The van der Waals surface area contributed by atoms with E-state index in [1.165, 1.54) is 36.3 Å². The highest BCUT2D eigenvalue weighted by Crippen LogP contribution is 2.36. The zero-order chi connectivity index (χ0) is 17.1. The largest absolute Gasteiger partial charge is 0.496 e. The molecule has 8 heteroatoms. The zero-order valence-corrected chi connectivity index (χ0v) is 13.8. The summed E-state index contributed by atoms with van der Waals surface area (Å²) in [6.07, 6.45) is 2.12. The van der Waals surface area contributed by atoms with E-state index in [0.717, 1.165) is 11.8 Å². The summed E-state index contributed by atoms with van der Waals surface area (Å²) in [6.45, 7) is 3.69. The molecule has 0 unspecified atom stereocenters. The van der Waals surface area contributed by atoms with Crippen LogP contribution in [-0.4, -0.2) is 34.1 Å². The normalized spacial score (nSPS) is 17.7. The van der Waals surface area contributed by atoms with E-state index in [1.54, 1.807) is 6.92 Å². The smallest absolute Gasteiger partial charge is 0.293 e. The molecule has 1 atom stereocenters. The van der Waals surface area contributed by atoms with E-state index in [0.29, 0.717) is 17.7 Å². The molecule has 0 spiro atoms. The first kappa shape index (κ1) is 17.0. The lowest BCUT2D eigenvalue weighted by Crippen LogP contribution is -2.36. The Morgan fingerprint density at radius 1 is 1.43 bits per heavy atom. The van der Waals surface area contributed by atoms with Crippen LogP contribution in [0.25, 0.3) is 6.08 Å². The third-order valence-electron chi connectivity index (χ3n) is 3.57. The van der Waals surface area contributed by atoms with Crippen LogP contribution >= 0.6 is 11.8 Å². The minimum atomic E-state index is -0.526. The molecule has 1 saturated heterocycles. The number of hydrogen-bond donors (Lipinski definition) is 0. The molecule has 0 aliphatic carbocycles. The van der Waals surface area contributed by atoms with Crippen molar-refractivity contribution < 1.29 is 19.2 Å². The first-order chi connectivity index (χ1) is 10.9. The van der Waals surface area contributed by atoms with Crippen LogP contribution in [-0.2, 0) is 4.79 Å². The Bertz CT molecular complexity index is 701. The van der Waals surface area contributed by atoms with E-state index in [1.807, 2.05) is 6.92 Å². The van der Waals surface area contributed by atoms with Crippen molar-refractivity contribution >= 4 is 34.7 Å². The third-order valence-corrected chi connectivity index (χ3v) is 4.45. The van der Waals surface area contributed by atoms with Gasteiger partial charge in [-0.3, -0.25) is 24.6 Å². The lowest BCUT2D eigenvalue weighted by Gasteiger charge is -2.19. The van der Waals surface area contributed by atoms with Crippen LogP contribution in [0.4, 0.5) is 10.5 Å². The highest BCUT2D eigenvalue weighted by molar-refractivity contribution is 8.18. The molecule has 1 fully saturated rings. The predicted molar refractivity (Wildman–Crippen MR) is 87.2 cm³/mol. The summed E-state index contributed by atoms with van der Waals surface area (Å²) in [4.78, 5) is 36.2. The lowest BCUT2D eigenvalue weighted by molar-refractivity contribution is -0.384. The fraction of sp³-hybridized carbons (Fsp3) is 0.333. The number of imide groups is 1. The number of thioether (sulfide) groups is 1. The van der Waals surface area contributed by atoms with Crippen LogP contribution in [0.3, 0.4) is 0 Å². The fourth-order valence-electron chi connectivity index (χ4n) is 2.13. The molecular formula is C15H16N2O5S.